The van der Waals surface area contributed by atoms with Crippen LogP contribution in [-0.4, -0.2) is 63.2 Å². The first-order valence-electron chi connectivity index (χ1n) is 10.7. The van der Waals surface area contributed by atoms with Crippen molar-refractivity contribution < 1.29 is 9.53 Å². The van der Waals surface area contributed by atoms with Crippen LogP contribution >= 0.6 is 11.8 Å². The molecule has 9 heteroatoms. The molecule has 168 valence electrons. The normalized spacial score (nSPS) is 16.1. The van der Waals surface area contributed by atoms with Gasteiger partial charge in [-0.2, -0.15) is 16.7 Å². The van der Waals surface area contributed by atoms with E-state index < -0.39 is 0 Å². The van der Waals surface area contributed by atoms with E-state index in [2.05, 4.69) is 20.2 Å². The number of benzene rings is 1. The first kappa shape index (κ1) is 22.1. The summed E-state index contributed by atoms with van der Waals surface area (Å²) in [5, 5.41) is 3.29. The summed E-state index contributed by atoms with van der Waals surface area (Å²) in [5.41, 5.74) is 2.09. The molecular weight excluding hydrogens is 424 g/mol. The van der Waals surface area contributed by atoms with Crippen LogP contribution in [0.25, 0.3) is 5.95 Å². The summed E-state index contributed by atoms with van der Waals surface area (Å²) >= 11 is 1.86. The molecule has 1 fully saturated rings. The third-order valence-electron chi connectivity index (χ3n) is 5.33. The second-order valence-corrected chi connectivity index (χ2v) is 9.14. The van der Waals surface area contributed by atoms with Gasteiger partial charge in [0.2, 0.25) is 11.9 Å². The van der Waals surface area contributed by atoms with Gasteiger partial charge in [-0.25, -0.2) is 9.97 Å². The van der Waals surface area contributed by atoms with Crippen molar-refractivity contribution in [2.45, 2.75) is 25.0 Å². The topological polar surface area (TPSA) is 85.2 Å². The maximum absolute atomic E-state index is 12.5. The lowest BCUT2D eigenvalue weighted by atomic mass is 10.1. The van der Waals surface area contributed by atoms with E-state index in [1.165, 1.54) is 5.56 Å². The number of rotatable bonds is 8. The second-order valence-electron chi connectivity index (χ2n) is 7.73. The number of anilines is 1. The molecule has 3 aromatic rings. The Kier molecular flexibility index (Phi) is 7.26. The number of aryl methyl sites for hydroxylation is 1. The Balaban J connectivity index is 1.29. The van der Waals surface area contributed by atoms with Gasteiger partial charge in [0.25, 0.3) is 0 Å². The van der Waals surface area contributed by atoms with Crippen LogP contribution in [0.5, 0.6) is 5.75 Å². The van der Waals surface area contributed by atoms with Crippen LogP contribution in [0.1, 0.15) is 17.7 Å². The molecule has 0 spiro atoms. The molecule has 0 bridgehead atoms. The zero-order valence-corrected chi connectivity index (χ0v) is 19.2. The van der Waals surface area contributed by atoms with Gasteiger partial charge in [0.05, 0.1) is 7.11 Å². The van der Waals surface area contributed by atoms with Gasteiger partial charge in [-0.1, -0.05) is 12.1 Å². The maximum Gasteiger partial charge on any atom is 0.237 e. The quantitative estimate of drug-likeness (QED) is 0.562. The summed E-state index contributed by atoms with van der Waals surface area (Å²) in [7, 11) is 1.66. The SMILES string of the molecule is COc1ccc(CCNC(=O)CC2CN(c3cc(C)nc(-n4ccnc4)n3)CCS2)cc1. The molecule has 2 aromatic heterocycles. The van der Waals surface area contributed by atoms with Crippen LogP contribution < -0.4 is 15.0 Å². The molecule has 1 aliphatic heterocycles. The van der Waals surface area contributed by atoms with Crippen LogP contribution in [0.4, 0.5) is 5.82 Å². The molecule has 8 nitrogen and oxygen atoms in total. The summed E-state index contributed by atoms with van der Waals surface area (Å²) in [4.78, 5) is 28.1. The van der Waals surface area contributed by atoms with Crippen LogP contribution in [0, 0.1) is 6.92 Å². The summed E-state index contributed by atoms with van der Waals surface area (Å²) in [5.74, 6) is 3.41. The fourth-order valence-corrected chi connectivity index (χ4v) is 4.87. The van der Waals surface area contributed by atoms with Gasteiger partial charge in [-0.3, -0.25) is 9.36 Å². The van der Waals surface area contributed by atoms with E-state index in [0.29, 0.717) is 18.9 Å². The van der Waals surface area contributed by atoms with E-state index in [9.17, 15) is 4.79 Å². The number of carbonyl (C=O) groups is 1. The lowest BCUT2D eigenvalue weighted by molar-refractivity contribution is -0.121. The summed E-state index contributed by atoms with van der Waals surface area (Å²) in [6.07, 6.45) is 6.55. The Morgan fingerprint density at radius 2 is 2.12 bits per heavy atom. The highest BCUT2D eigenvalue weighted by Gasteiger charge is 2.24. The van der Waals surface area contributed by atoms with Crippen molar-refractivity contribution in [1.82, 2.24) is 24.8 Å². The first-order chi connectivity index (χ1) is 15.6. The zero-order valence-electron chi connectivity index (χ0n) is 18.4. The number of hydrogen-bond donors (Lipinski definition) is 1. The standard InChI is InChI=1S/C23H28N6O2S/c1-17-13-21(27-23(26-17)29-10-9-24-16-29)28-11-12-32-20(15-28)14-22(30)25-8-7-18-3-5-19(31-2)6-4-18/h3-6,9-10,13,16,20H,7-8,11-12,14-15H2,1-2H3,(H,25,30). The zero-order chi connectivity index (χ0) is 22.3. The molecule has 1 N–H and O–H groups in total. The molecule has 1 atom stereocenters. The smallest absolute Gasteiger partial charge is 0.237 e. The minimum absolute atomic E-state index is 0.0934. The summed E-state index contributed by atoms with van der Waals surface area (Å²) in [6.45, 7) is 4.29. The lowest BCUT2D eigenvalue weighted by Gasteiger charge is -2.33. The Morgan fingerprint density at radius 3 is 2.88 bits per heavy atom. The fraction of sp³-hybridized carbons (Fsp3) is 0.391. The second kappa shape index (κ2) is 10.5. The average molecular weight is 453 g/mol. The van der Waals surface area contributed by atoms with Gasteiger partial charge in [-0.05, 0) is 31.0 Å². The Hall–Kier alpha value is -3.07. The molecule has 1 aliphatic rings. The number of ether oxygens (including phenoxy) is 1. The number of nitrogens with zero attached hydrogens (tertiary/aromatic N) is 5. The van der Waals surface area contributed by atoms with E-state index in [1.54, 1.807) is 19.6 Å². The van der Waals surface area contributed by atoms with Crippen LogP contribution in [-0.2, 0) is 11.2 Å². The van der Waals surface area contributed by atoms with Gasteiger partial charge in [-0.15, -0.1) is 0 Å². The predicted octanol–water partition coefficient (Wildman–Crippen LogP) is 2.65. The number of hydrogen-bond acceptors (Lipinski definition) is 7. The third kappa shape index (κ3) is 5.79. The van der Waals surface area contributed by atoms with E-state index in [0.717, 1.165) is 42.5 Å². The highest BCUT2D eigenvalue weighted by atomic mass is 32.2. The molecular formula is C23H28N6O2S. The minimum Gasteiger partial charge on any atom is -0.497 e. The lowest BCUT2D eigenvalue weighted by Crippen LogP contribution is -2.41. The van der Waals surface area contributed by atoms with E-state index in [1.807, 2.05) is 59.8 Å². The highest BCUT2D eigenvalue weighted by molar-refractivity contribution is 8.00. The van der Waals surface area contributed by atoms with Gasteiger partial charge < -0.3 is 15.0 Å². The molecule has 1 unspecified atom stereocenters. The molecule has 1 saturated heterocycles. The number of amides is 1. The highest BCUT2D eigenvalue weighted by Crippen LogP contribution is 2.25. The van der Waals surface area contributed by atoms with Crippen molar-refractivity contribution in [2.24, 2.45) is 0 Å². The number of carbonyl (C=O) groups excluding carboxylic acids is 1. The number of thioether (sulfide) groups is 1. The Labute approximate surface area is 192 Å². The molecule has 0 saturated carbocycles. The van der Waals surface area contributed by atoms with Crippen molar-refractivity contribution in [1.29, 1.82) is 0 Å². The van der Waals surface area contributed by atoms with Crippen molar-refractivity contribution in [3.63, 3.8) is 0 Å². The Morgan fingerprint density at radius 1 is 1.28 bits per heavy atom. The monoisotopic (exact) mass is 452 g/mol. The first-order valence-corrected chi connectivity index (χ1v) is 11.8. The molecule has 32 heavy (non-hydrogen) atoms. The van der Waals surface area contributed by atoms with Crippen molar-refractivity contribution in [3.05, 3.63) is 60.3 Å². The molecule has 1 amide bonds. The number of methoxy groups -OCH3 is 1. The molecule has 3 heterocycles. The van der Waals surface area contributed by atoms with E-state index >= 15 is 0 Å². The third-order valence-corrected chi connectivity index (χ3v) is 6.54. The number of nitrogens with one attached hydrogen (secondary N) is 1. The van der Waals surface area contributed by atoms with Crippen LogP contribution in [0.2, 0.25) is 0 Å². The summed E-state index contributed by atoms with van der Waals surface area (Å²) in [6, 6.07) is 9.95. The predicted molar refractivity (Wildman–Crippen MR) is 127 cm³/mol. The van der Waals surface area contributed by atoms with Crippen LogP contribution in [0.15, 0.2) is 49.1 Å². The van der Waals surface area contributed by atoms with Crippen molar-refractivity contribution in [2.75, 3.05) is 37.4 Å². The number of imidazole rings is 1. The minimum atomic E-state index is 0.0934. The fourth-order valence-electron chi connectivity index (χ4n) is 3.66. The molecule has 0 aliphatic carbocycles. The largest absolute Gasteiger partial charge is 0.497 e. The maximum atomic E-state index is 12.5. The number of aromatic nitrogens is 4. The van der Waals surface area contributed by atoms with Crippen molar-refractivity contribution >= 4 is 23.5 Å². The van der Waals surface area contributed by atoms with Gasteiger partial charge >= 0.3 is 0 Å². The van der Waals surface area contributed by atoms with Gasteiger partial charge in [0, 0.05) is 61.2 Å². The molecule has 1 aromatic carbocycles. The van der Waals surface area contributed by atoms with Crippen molar-refractivity contribution in [3.8, 4) is 11.7 Å². The molecule has 4 rings (SSSR count). The van der Waals surface area contributed by atoms with Gasteiger partial charge in [0.1, 0.15) is 17.9 Å². The average Bonchev–Trinajstić information content (AvgIpc) is 3.34. The summed E-state index contributed by atoms with van der Waals surface area (Å²) < 4.78 is 6.99. The van der Waals surface area contributed by atoms with Crippen LogP contribution in [0.3, 0.4) is 0 Å². The van der Waals surface area contributed by atoms with Gasteiger partial charge in [0.15, 0.2) is 0 Å². The van der Waals surface area contributed by atoms with E-state index in [4.69, 9.17) is 9.72 Å². The molecule has 0 radical (unpaired) electrons. The van der Waals surface area contributed by atoms with E-state index in [-0.39, 0.29) is 11.2 Å². The Bertz CT molecular complexity index is 1030.